The first kappa shape index (κ1) is 15.2. The van der Waals surface area contributed by atoms with E-state index in [0.717, 1.165) is 24.1 Å². The van der Waals surface area contributed by atoms with Crippen LogP contribution in [-0.4, -0.2) is 16.6 Å². The van der Waals surface area contributed by atoms with Crippen LogP contribution in [0.5, 0.6) is 5.88 Å². The van der Waals surface area contributed by atoms with E-state index in [1.54, 1.807) is 0 Å². The zero-order chi connectivity index (χ0) is 13.9. The molecule has 102 valence electrons. The lowest BCUT2D eigenvalue weighted by Crippen LogP contribution is -2.01. The summed E-state index contributed by atoms with van der Waals surface area (Å²) in [5, 5.41) is 0. The van der Waals surface area contributed by atoms with Crippen molar-refractivity contribution in [2.75, 3.05) is 6.61 Å². The molecular weight excluding hydrogens is 236 g/mol. The van der Waals surface area contributed by atoms with Gasteiger partial charge in [0, 0.05) is 24.2 Å². The maximum atomic E-state index is 5.54. The van der Waals surface area contributed by atoms with Gasteiger partial charge in [0.15, 0.2) is 0 Å². The van der Waals surface area contributed by atoms with Crippen molar-refractivity contribution in [3.8, 4) is 5.88 Å². The van der Waals surface area contributed by atoms with Crippen molar-refractivity contribution in [1.29, 1.82) is 0 Å². The molecule has 0 saturated heterocycles. The van der Waals surface area contributed by atoms with Crippen LogP contribution in [-0.2, 0) is 6.42 Å². The Hall–Kier alpha value is -1.90. The number of pyridine rings is 2. The van der Waals surface area contributed by atoms with Crippen molar-refractivity contribution < 1.29 is 4.74 Å². The third-order valence-corrected chi connectivity index (χ3v) is 2.44. The maximum absolute atomic E-state index is 5.54. The van der Waals surface area contributed by atoms with Gasteiger partial charge in [0.25, 0.3) is 0 Å². The summed E-state index contributed by atoms with van der Waals surface area (Å²) in [6.45, 7) is 6.69. The van der Waals surface area contributed by atoms with Crippen molar-refractivity contribution in [2.24, 2.45) is 0 Å². The van der Waals surface area contributed by atoms with Crippen LogP contribution in [0.2, 0.25) is 0 Å². The summed E-state index contributed by atoms with van der Waals surface area (Å²) in [6, 6.07) is 9.86. The molecule has 0 bridgehead atoms. The van der Waals surface area contributed by atoms with Gasteiger partial charge in [-0.15, -0.1) is 0 Å². The number of nitrogens with zero attached hydrogens (tertiary/aromatic N) is 2. The average molecular weight is 258 g/mol. The number of rotatable bonds is 5. The zero-order valence-corrected chi connectivity index (χ0v) is 12.0. The van der Waals surface area contributed by atoms with Crippen molar-refractivity contribution in [2.45, 2.75) is 33.6 Å². The van der Waals surface area contributed by atoms with Crippen LogP contribution in [0.1, 0.15) is 31.5 Å². The summed E-state index contributed by atoms with van der Waals surface area (Å²) in [4.78, 5) is 8.45. The van der Waals surface area contributed by atoms with Gasteiger partial charge >= 0.3 is 0 Å². The minimum atomic E-state index is 0.673. The van der Waals surface area contributed by atoms with E-state index in [2.05, 4.69) is 9.97 Å². The monoisotopic (exact) mass is 258 g/mol. The van der Waals surface area contributed by atoms with Gasteiger partial charge in [-0.2, -0.15) is 0 Å². The molecule has 0 aliphatic rings. The first-order chi connectivity index (χ1) is 9.34. The van der Waals surface area contributed by atoms with E-state index in [4.69, 9.17) is 4.74 Å². The fraction of sp³-hybridized carbons (Fsp3) is 0.375. The zero-order valence-electron chi connectivity index (χ0n) is 12.0. The molecule has 0 aliphatic heterocycles. The highest BCUT2D eigenvalue weighted by atomic mass is 16.5. The summed E-state index contributed by atoms with van der Waals surface area (Å²) in [5.74, 6) is 0.691. The van der Waals surface area contributed by atoms with E-state index in [1.165, 1.54) is 0 Å². The lowest BCUT2D eigenvalue weighted by molar-refractivity contribution is 0.298. The highest BCUT2D eigenvalue weighted by molar-refractivity contribution is 5.16. The lowest BCUT2D eigenvalue weighted by Gasteiger charge is -2.04. The van der Waals surface area contributed by atoms with Crippen molar-refractivity contribution in [3.05, 3.63) is 54.0 Å². The summed E-state index contributed by atoms with van der Waals surface area (Å²) >= 11 is 0. The van der Waals surface area contributed by atoms with E-state index < -0.39 is 0 Å². The first-order valence-electron chi connectivity index (χ1n) is 6.80. The minimum Gasteiger partial charge on any atom is -0.478 e. The van der Waals surface area contributed by atoms with Gasteiger partial charge in [-0.05, 0) is 37.5 Å². The van der Waals surface area contributed by atoms with E-state index >= 15 is 0 Å². The molecule has 0 spiro atoms. The molecule has 2 aromatic rings. The van der Waals surface area contributed by atoms with Crippen LogP contribution < -0.4 is 4.74 Å². The second-order valence-electron chi connectivity index (χ2n) is 3.95. The van der Waals surface area contributed by atoms with E-state index in [9.17, 15) is 0 Å². The highest BCUT2D eigenvalue weighted by Gasteiger charge is 1.96. The summed E-state index contributed by atoms with van der Waals surface area (Å²) in [7, 11) is 0. The first-order valence-corrected chi connectivity index (χ1v) is 6.80. The lowest BCUT2D eigenvalue weighted by atomic mass is 10.2. The third kappa shape index (κ3) is 6.00. The molecule has 0 fully saturated rings. The van der Waals surface area contributed by atoms with Crippen molar-refractivity contribution in [3.63, 3.8) is 0 Å². The fourth-order valence-electron chi connectivity index (χ4n) is 1.52. The minimum absolute atomic E-state index is 0.673. The Labute approximate surface area is 115 Å². The molecular formula is C16H22N2O. The maximum Gasteiger partial charge on any atom is 0.213 e. The van der Waals surface area contributed by atoms with E-state index in [-0.39, 0.29) is 0 Å². The molecule has 19 heavy (non-hydrogen) atoms. The predicted octanol–water partition coefficient (Wildman–Crippen LogP) is 3.82. The molecule has 0 radical (unpaired) electrons. The van der Waals surface area contributed by atoms with Crippen LogP contribution in [0, 0.1) is 6.92 Å². The molecule has 2 heterocycles. The smallest absolute Gasteiger partial charge is 0.213 e. The molecule has 0 atom stereocenters. The van der Waals surface area contributed by atoms with Crippen LogP contribution in [0.4, 0.5) is 0 Å². The Morgan fingerprint density at radius 1 is 1.05 bits per heavy atom. The van der Waals surface area contributed by atoms with Gasteiger partial charge in [-0.1, -0.05) is 26.0 Å². The summed E-state index contributed by atoms with van der Waals surface area (Å²) < 4.78 is 5.54. The van der Waals surface area contributed by atoms with Gasteiger partial charge in [-0.25, -0.2) is 4.98 Å². The Morgan fingerprint density at radius 2 is 1.89 bits per heavy atom. The number of aromatic nitrogens is 2. The second-order valence-corrected chi connectivity index (χ2v) is 3.95. The standard InChI is InChI=1S/C14H16N2O.C2H6/c1-12-7-8-14(16-11-12)17-10-4-6-13-5-2-3-9-15-13;1-2/h2-3,5,7-9,11H,4,6,10H2,1H3;1-2H3. The molecule has 2 rings (SSSR count). The van der Waals surface area contributed by atoms with Crippen molar-refractivity contribution >= 4 is 0 Å². The Bertz CT molecular complexity index is 440. The second kappa shape index (κ2) is 9.09. The number of hydrogen-bond donors (Lipinski definition) is 0. The molecule has 3 nitrogen and oxygen atoms in total. The van der Waals surface area contributed by atoms with Crippen LogP contribution in [0.3, 0.4) is 0 Å². The SMILES string of the molecule is CC.Cc1ccc(OCCCc2ccccn2)nc1. The Balaban J connectivity index is 0.000000861. The molecule has 2 aromatic heterocycles. The topological polar surface area (TPSA) is 35.0 Å². The molecule has 0 unspecified atom stereocenters. The van der Waals surface area contributed by atoms with E-state index in [0.29, 0.717) is 12.5 Å². The highest BCUT2D eigenvalue weighted by Crippen LogP contribution is 2.07. The number of aryl methyl sites for hydroxylation is 2. The van der Waals surface area contributed by atoms with Gasteiger partial charge in [0.05, 0.1) is 6.61 Å². The average Bonchev–Trinajstić information content (AvgIpc) is 2.49. The molecule has 0 N–H and O–H groups in total. The van der Waals surface area contributed by atoms with Gasteiger partial charge < -0.3 is 4.74 Å². The van der Waals surface area contributed by atoms with Gasteiger partial charge in [0.1, 0.15) is 0 Å². The third-order valence-electron chi connectivity index (χ3n) is 2.44. The van der Waals surface area contributed by atoms with Crippen molar-refractivity contribution in [1.82, 2.24) is 9.97 Å². The molecule has 0 aromatic carbocycles. The number of hydrogen-bond acceptors (Lipinski definition) is 3. The van der Waals surface area contributed by atoms with Crippen LogP contribution in [0.15, 0.2) is 42.7 Å². The normalized spacial score (nSPS) is 9.42. The largest absolute Gasteiger partial charge is 0.478 e. The fourth-order valence-corrected chi connectivity index (χ4v) is 1.52. The molecule has 3 heteroatoms. The summed E-state index contributed by atoms with van der Waals surface area (Å²) in [5.41, 5.74) is 2.25. The molecule has 0 amide bonds. The van der Waals surface area contributed by atoms with Crippen LogP contribution >= 0.6 is 0 Å². The van der Waals surface area contributed by atoms with Crippen LogP contribution in [0.25, 0.3) is 0 Å². The Kier molecular flexibility index (Phi) is 7.25. The number of ether oxygens (including phenoxy) is 1. The molecule has 0 saturated carbocycles. The Morgan fingerprint density at radius 3 is 2.53 bits per heavy atom. The summed E-state index contributed by atoms with van der Waals surface area (Å²) in [6.07, 6.45) is 5.52. The van der Waals surface area contributed by atoms with Gasteiger partial charge in [-0.3, -0.25) is 4.98 Å². The van der Waals surface area contributed by atoms with Gasteiger partial charge in [0.2, 0.25) is 5.88 Å². The quantitative estimate of drug-likeness (QED) is 0.765. The molecule has 0 aliphatic carbocycles. The van der Waals surface area contributed by atoms with E-state index in [1.807, 2.05) is 63.5 Å². The predicted molar refractivity (Wildman–Crippen MR) is 78.4 cm³/mol.